The van der Waals surface area contributed by atoms with E-state index in [2.05, 4.69) is 65.1 Å². The SMILES string of the molecule is CCCNC(C)c1ccc(N2CCC(CC)CC2)c(Br)c1. The van der Waals surface area contributed by atoms with Crippen LogP contribution in [0, 0.1) is 5.92 Å². The minimum Gasteiger partial charge on any atom is -0.371 e. The van der Waals surface area contributed by atoms with Gasteiger partial charge < -0.3 is 10.2 Å². The van der Waals surface area contributed by atoms with E-state index < -0.39 is 0 Å². The van der Waals surface area contributed by atoms with Gasteiger partial charge in [0.15, 0.2) is 0 Å². The van der Waals surface area contributed by atoms with E-state index in [0.29, 0.717) is 6.04 Å². The fourth-order valence-corrected chi connectivity index (χ4v) is 3.76. The lowest BCUT2D eigenvalue weighted by Gasteiger charge is -2.34. The Labute approximate surface area is 138 Å². The summed E-state index contributed by atoms with van der Waals surface area (Å²) in [7, 11) is 0. The van der Waals surface area contributed by atoms with E-state index in [1.54, 1.807) is 0 Å². The standard InChI is InChI=1S/C18H29BrN2/c1-4-10-20-14(3)16-6-7-18(17(19)13-16)21-11-8-15(5-2)9-12-21/h6-7,13-15,20H,4-5,8-12H2,1-3H3. The molecule has 1 aromatic rings. The second kappa shape index (κ2) is 8.19. The first kappa shape index (κ1) is 16.8. The zero-order chi connectivity index (χ0) is 15.2. The molecule has 0 aromatic heterocycles. The smallest absolute Gasteiger partial charge is 0.0510 e. The zero-order valence-electron chi connectivity index (χ0n) is 13.7. The molecule has 0 bridgehead atoms. The van der Waals surface area contributed by atoms with E-state index in [1.165, 1.54) is 54.5 Å². The number of hydrogen-bond donors (Lipinski definition) is 1. The lowest BCUT2D eigenvalue weighted by Crippen LogP contribution is -2.33. The van der Waals surface area contributed by atoms with Crippen molar-refractivity contribution in [3.63, 3.8) is 0 Å². The summed E-state index contributed by atoms with van der Waals surface area (Å²) in [6.45, 7) is 10.2. The predicted molar refractivity (Wildman–Crippen MR) is 96.1 cm³/mol. The Hall–Kier alpha value is -0.540. The molecule has 21 heavy (non-hydrogen) atoms. The minimum absolute atomic E-state index is 0.418. The molecule has 0 radical (unpaired) electrons. The van der Waals surface area contributed by atoms with Crippen molar-refractivity contribution >= 4 is 21.6 Å². The molecule has 1 aliphatic rings. The van der Waals surface area contributed by atoms with Crippen molar-refractivity contribution in [3.05, 3.63) is 28.2 Å². The van der Waals surface area contributed by atoms with Gasteiger partial charge in [0.2, 0.25) is 0 Å². The van der Waals surface area contributed by atoms with Gasteiger partial charge in [-0.3, -0.25) is 0 Å². The summed E-state index contributed by atoms with van der Waals surface area (Å²) < 4.78 is 1.24. The van der Waals surface area contributed by atoms with E-state index in [-0.39, 0.29) is 0 Å². The van der Waals surface area contributed by atoms with Crippen molar-refractivity contribution < 1.29 is 0 Å². The predicted octanol–water partition coefficient (Wildman–Crippen LogP) is 5.14. The summed E-state index contributed by atoms with van der Waals surface area (Å²) in [5.41, 5.74) is 2.72. The molecule has 118 valence electrons. The molecule has 0 saturated carbocycles. The van der Waals surface area contributed by atoms with Crippen LogP contribution < -0.4 is 10.2 Å². The van der Waals surface area contributed by atoms with Crippen LogP contribution in [0.15, 0.2) is 22.7 Å². The first-order valence-electron chi connectivity index (χ1n) is 8.43. The topological polar surface area (TPSA) is 15.3 Å². The Morgan fingerprint density at radius 1 is 1.29 bits per heavy atom. The molecule has 0 aliphatic carbocycles. The molecule has 1 aliphatic heterocycles. The van der Waals surface area contributed by atoms with Gasteiger partial charge in [0.1, 0.15) is 0 Å². The first-order valence-corrected chi connectivity index (χ1v) is 9.22. The molecule has 2 rings (SSSR count). The second-order valence-corrected chi connectivity index (χ2v) is 7.08. The Kier molecular flexibility index (Phi) is 6.56. The summed E-state index contributed by atoms with van der Waals surface area (Å²) in [4.78, 5) is 2.53. The normalized spacial score (nSPS) is 18.0. The molecule has 1 atom stereocenters. The molecule has 1 fully saturated rings. The molecule has 0 spiro atoms. The molecule has 1 aromatic carbocycles. The van der Waals surface area contributed by atoms with Crippen LogP contribution in [0.3, 0.4) is 0 Å². The van der Waals surface area contributed by atoms with Crippen molar-refractivity contribution in [1.82, 2.24) is 5.32 Å². The number of halogens is 1. The summed E-state index contributed by atoms with van der Waals surface area (Å²) in [5.74, 6) is 0.928. The maximum atomic E-state index is 3.78. The van der Waals surface area contributed by atoms with Crippen LogP contribution in [0.4, 0.5) is 5.69 Å². The Balaban J connectivity index is 2.02. The summed E-state index contributed by atoms with van der Waals surface area (Å²) >= 11 is 3.78. The lowest BCUT2D eigenvalue weighted by molar-refractivity contribution is 0.395. The molecular weight excluding hydrogens is 324 g/mol. The van der Waals surface area contributed by atoms with Gasteiger partial charge >= 0.3 is 0 Å². The molecule has 0 amide bonds. The van der Waals surface area contributed by atoms with Crippen LogP contribution in [-0.4, -0.2) is 19.6 Å². The van der Waals surface area contributed by atoms with E-state index >= 15 is 0 Å². The lowest BCUT2D eigenvalue weighted by atomic mass is 9.94. The highest BCUT2D eigenvalue weighted by Crippen LogP contribution is 2.32. The fraction of sp³-hybridized carbons (Fsp3) is 0.667. The van der Waals surface area contributed by atoms with Gasteiger partial charge in [-0.2, -0.15) is 0 Å². The maximum absolute atomic E-state index is 3.78. The third kappa shape index (κ3) is 4.46. The van der Waals surface area contributed by atoms with Gasteiger partial charge in [-0.1, -0.05) is 26.3 Å². The number of rotatable bonds is 6. The number of nitrogens with zero attached hydrogens (tertiary/aromatic N) is 1. The summed E-state index contributed by atoms with van der Waals surface area (Å²) in [6.07, 6.45) is 5.17. The number of anilines is 1. The van der Waals surface area contributed by atoms with E-state index in [1.807, 2.05) is 0 Å². The van der Waals surface area contributed by atoms with Gasteiger partial charge in [-0.05, 0) is 72.3 Å². The first-order chi connectivity index (χ1) is 10.2. The molecular formula is C18H29BrN2. The third-order valence-electron chi connectivity index (χ3n) is 4.70. The molecule has 1 heterocycles. The van der Waals surface area contributed by atoms with Crippen molar-refractivity contribution in [3.8, 4) is 0 Å². The Morgan fingerprint density at radius 3 is 2.57 bits per heavy atom. The van der Waals surface area contributed by atoms with Gasteiger partial charge in [-0.25, -0.2) is 0 Å². The monoisotopic (exact) mass is 352 g/mol. The largest absolute Gasteiger partial charge is 0.371 e. The second-order valence-electron chi connectivity index (χ2n) is 6.23. The highest BCUT2D eigenvalue weighted by atomic mass is 79.9. The van der Waals surface area contributed by atoms with Crippen LogP contribution in [0.2, 0.25) is 0 Å². The third-order valence-corrected chi connectivity index (χ3v) is 5.34. The highest BCUT2D eigenvalue weighted by Gasteiger charge is 2.19. The fourth-order valence-electron chi connectivity index (χ4n) is 3.11. The maximum Gasteiger partial charge on any atom is 0.0510 e. The average molecular weight is 353 g/mol. The summed E-state index contributed by atoms with van der Waals surface area (Å²) in [6, 6.07) is 7.27. The number of nitrogens with one attached hydrogen (secondary N) is 1. The van der Waals surface area contributed by atoms with Crippen molar-refractivity contribution in [2.75, 3.05) is 24.5 Å². The van der Waals surface area contributed by atoms with Gasteiger partial charge in [0, 0.05) is 23.6 Å². The molecule has 1 unspecified atom stereocenters. The number of benzene rings is 1. The molecule has 3 heteroatoms. The van der Waals surface area contributed by atoms with E-state index in [0.717, 1.165) is 12.5 Å². The summed E-state index contributed by atoms with van der Waals surface area (Å²) in [5, 5.41) is 3.55. The molecule has 1 N–H and O–H groups in total. The number of piperidine rings is 1. The Bertz CT molecular complexity index is 439. The van der Waals surface area contributed by atoms with E-state index in [9.17, 15) is 0 Å². The van der Waals surface area contributed by atoms with Gasteiger partial charge in [0.05, 0.1) is 5.69 Å². The van der Waals surface area contributed by atoms with Crippen molar-refractivity contribution in [1.29, 1.82) is 0 Å². The Morgan fingerprint density at radius 2 is 2.00 bits per heavy atom. The van der Waals surface area contributed by atoms with Gasteiger partial charge in [-0.15, -0.1) is 0 Å². The zero-order valence-corrected chi connectivity index (χ0v) is 15.2. The molecule has 1 saturated heterocycles. The number of hydrogen-bond acceptors (Lipinski definition) is 2. The van der Waals surface area contributed by atoms with Crippen LogP contribution in [0.25, 0.3) is 0 Å². The molecule has 2 nitrogen and oxygen atoms in total. The van der Waals surface area contributed by atoms with Gasteiger partial charge in [0.25, 0.3) is 0 Å². The quantitative estimate of drug-likeness (QED) is 0.762. The van der Waals surface area contributed by atoms with Crippen LogP contribution >= 0.6 is 15.9 Å². The van der Waals surface area contributed by atoms with Crippen LogP contribution in [-0.2, 0) is 0 Å². The average Bonchev–Trinajstić information content (AvgIpc) is 2.52. The van der Waals surface area contributed by atoms with Crippen molar-refractivity contribution in [2.24, 2.45) is 5.92 Å². The van der Waals surface area contributed by atoms with Crippen LogP contribution in [0.1, 0.15) is 58.1 Å². The van der Waals surface area contributed by atoms with E-state index in [4.69, 9.17) is 0 Å². The minimum atomic E-state index is 0.418. The highest BCUT2D eigenvalue weighted by molar-refractivity contribution is 9.10. The van der Waals surface area contributed by atoms with Crippen LogP contribution in [0.5, 0.6) is 0 Å². The van der Waals surface area contributed by atoms with Crippen molar-refractivity contribution in [2.45, 2.75) is 52.5 Å².